The predicted octanol–water partition coefficient (Wildman–Crippen LogP) is 8.57. The van der Waals surface area contributed by atoms with E-state index in [9.17, 15) is 0 Å². The highest BCUT2D eigenvalue weighted by atomic mass is 35.5. The van der Waals surface area contributed by atoms with Crippen LogP contribution in [0.25, 0.3) is 65.2 Å². The summed E-state index contributed by atoms with van der Waals surface area (Å²) in [5.41, 5.74) is 4.57. The van der Waals surface area contributed by atoms with Crippen molar-refractivity contribution in [1.82, 2.24) is 9.97 Å². The lowest BCUT2D eigenvalue weighted by Gasteiger charge is -2.02. The third-order valence-corrected chi connectivity index (χ3v) is 6.70. The van der Waals surface area contributed by atoms with Crippen molar-refractivity contribution in [3.63, 3.8) is 0 Å². The smallest absolute Gasteiger partial charge is 0.0544 e. The molecule has 0 aliphatic carbocycles. The van der Waals surface area contributed by atoms with E-state index in [4.69, 9.17) is 23.2 Å². The SMILES string of the molecule is Clc1ccc2c(ccc3c2[nH]c2ccc4[nH]c5c6ccc(Cl)cc6ccc5c4c23)c1. The normalized spacial score (nSPS) is 12.3. The average Bonchev–Trinajstić information content (AvgIpc) is 3.31. The van der Waals surface area contributed by atoms with E-state index in [0.29, 0.717) is 0 Å². The van der Waals surface area contributed by atoms with Crippen LogP contribution in [-0.4, -0.2) is 9.97 Å². The van der Waals surface area contributed by atoms with Crippen molar-refractivity contribution in [3.05, 3.63) is 82.8 Å². The van der Waals surface area contributed by atoms with Gasteiger partial charge in [-0.3, -0.25) is 0 Å². The second-order valence-corrected chi connectivity index (χ2v) is 8.74. The van der Waals surface area contributed by atoms with Crippen molar-refractivity contribution in [2.24, 2.45) is 0 Å². The minimum absolute atomic E-state index is 0.754. The Morgan fingerprint density at radius 1 is 0.467 bits per heavy atom. The van der Waals surface area contributed by atoms with Gasteiger partial charge in [0.15, 0.2) is 0 Å². The molecular weight excluding hydrogens is 411 g/mol. The van der Waals surface area contributed by atoms with Gasteiger partial charge in [-0.2, -0.15) is 0 Å². The number of hydrogen-bond donors (Lipinski definition) is 2. The molecule has 7 rings (SSSR count). The summed E-state index contributed by atoms with van der Waals surface area (Å²) in [7, 11) is 0. The van der Waals surface area contributed by atoms with Gasteiger partial charge >= 0.3 is 0 Å². The fourth-order valence-electron chi connectivity index (χ4n) is 4.93. The fourth-order valence-corrected chi connectivity index (χ4v) is 5.29. The van der Waals surface area contributed by atoms with Crippen LogP contribution in [0.15, 0.2) is 72.8 Å². The van der Waals surface area contributed by atoms with Crippen LogP contribution in [0.2, 0.25) is 10.0 Å². The van der Waals surface area contributed by atoms with Crippen LogP contribution in [0.4, 0.5) is 0 Å². The molecule has 0 aliphatic heterocycles. The van der Waals surface area contributed by atoms with Crippen molar-refractivity contribution in [2.45, 2.75) is 0 Å². The first kappa shape index (κ1) is 16.6. The van der Waals surface area contributed by atoms with Gasteiger partial charge in [-0.15, -0.1) is 0 Å². The predicted molar refractivity (Wildman–Crippen MR) is 130 cm³/mol. The number of H-pyrrole nitrogens is 2. The zero-order valence-electron chi connectivity index (χ0n) is 15.7. The molecule has 2 nitrogen and oxygen atoms in total. The molecule has 5 aromatic carbocycles. The molecule has 2 heterocycles. The highest BCUT2D eigenvalue weighted by molar-refractivity contribution is 6.34. The Hall–Kier alpha value is -3.20. The molecule has 4 heteroatoms. The molecule has 0 saturated heterocycles. The van der Waals surface area contributed by atoms with E-state index in [1.54, 1.807) is 0 Å². The molecule has 0 bridgehead atoms. The molecule has 0 radical (unpaired) electrons. The van der Waals surface area contributed by atoms with Crippen LogP contribution >= 0.6 is 23.2 Å². The number of hydrogen-bond acceptors (Lipinski definition) is 0. The number of rotatable bonds is 0. The van der Waals surface area contributed by atoms with Gasteiger partial charge in [-0.25, -0.2) is 0 Å². The third kappa shape index (κ3) is 2.10. The molecule has 0 amide bonds. The van der Waals surface area contributed by atoms with Crippen LogP contribution in [-0.2, 0) is 0 Å². The lowest BCUT2D eigenvalue weighted by molar-refractivity contribution is 1.55. The maximum absolute atomic E-state index is 6.21. The van der Waals surface area contributed by atoms with Crippen molar-refractivity contribution in [2.75, 3.05) is 0 Å². The molecule has 0 spiro atoms. The molecular formula is C26H14Cl2N2. The Bertz CT molecular complexity index is 1690. The number of benzene rings is 5. The lowest BCUT2D eigenvalue weighted by atomic mass is 10.0. The van der Waals surface area contributed by atoms with E-state index in [2.05, 4.69) is 58.5 Å². The van der Waals surface area contributed by atoms with Crippen molar-refractivity contribution in [3.8, 4) is 0 Å². The average molecular weight is 425 g/mol. The second-order valence-electron chi connectivity index (χ2n) is 7.87. The van der Waals surface area contributed by atoms with Crippen LogP contribution in [0.1, 0.15) is 0 Å². The molecule has 0 unspecified atom stereocenters. The van der Waals surface area contributed by atoms with Gasteiger partial charge in [0.2, 0.25) is 0 Å². The Balaban J connectivity index is 1.70. The first-order chi connectivity index (χ1) is 14.7. The maximum Gasteiger partial charge on any atom is 0.0544 e. The molecule has 2 aromatic heterocycles. The third-order valence-electron chi connectivity index (χ3n) is 6.23. The van der Waals surface area contributed by atoms with Crippen molar-refractivity contribution in [1.29, 1.82) is 0 Å². The van der Waals surface area contributed by atoms with Gasteiger partial charge in [0.25, 0.3) is 0 Å². The molecule has 30 heavy (non-hydrogen) atoms. The van der Waals surface area contributed by atoms with Crippen LogP contribution < -0.4 is 0 Å². The Kier molecular flexibility index (Phi) is 3.15. The minimum atomic E-state index is 0.754. The number of aromatic amines is 2. The van der Waals surface area contributed by atoms with E-state index in [0.717, 1.165) is 42.9 Å². The van der Waals surface area contributed by atoms with E-state index in [1.807, 2.05) is 24.3 Å². The summed E-state index contributed by atoms with van der Waals surface area (Å²) in [6.45, 7) is 0. The summed E-state index contributed by atoms with van der Waals surface area (Å²) in [6, 6.07) is 25.2. The quantitative estimate of drug-likeness (QED) is 0.244. The number of fused-ring (bicyclic) bond motifs is 11. The van der Waals surface area contributed by atoms with Crippen LogP contribution in [0.5, 0.6) is 0 Å². The van der Waals surface area contributed by atoms with Gasteiger partial charge < -0.3 is 9.97 Å². The zero-order chi connectivity index (χ0) is 20.0. The summed E-state index contributed by atoms with van der Waals surface area (Å²) in [4.78, 5) is 7.31. The number of halogens is 2. The van der Waals surface area contributed by atoms with Gasteiger partial charge in [-0.1, -0.05) is 59.6 Å². The molecule has 0 saturated carbocycles. The summed E-state index contributed by atoms with van der Waals surface area (Å²) in [6.07, 6.45) is 0. The standard InChI is InChI=1S/C26H14Cl2N2/c27-15-3-7-17-13(11-15)1-5-19-23-21(29-25(17)19)9-10-22-24(23)20-6-2-14-12-16(28)4-8-18(14)26(20)30-22/h1-12,29-30H. The number of nitrogens with one attached hydrogen (secondary N) is 2. The highest BCUT2D eigenvalue weighted by Gasteiger charge is 2.15. The van der Waals surface area contributed by atoms with E-state index >= 15 is 0 Å². The van der Waals surface area contributed by atoms with Gasteiger partial charge in [-0.05, 0) is 47.2 Å². The van der Waals surface area contributed by atoms with Crippen LogP contribution in [0, 0.1) is 0 Å². The first-order valence-corrected chi connectivity index (χ1v) is 10.6. The van der Waals surface area contributed by atoms with Gasteiger partial charge in [0.05, 0.1) is 11.0 Å². The molecule has 0 fully saturated rings. The summed E-state index contributed by atoms with van der Waals surface area (Å²) < 4.78 is 0. The molecule has 0 atom stereocenters. The van der Waals surface area contributed by atoms with Gasteiger partial charge in [0, 0.05) is 53.4 Å². The Labute approximate surface area is 181 Å². The molecule has 0 aliphatic rings. The number of aromatic nitrogens is 2. The van der Waals surface area contributed by atoms with Crippen LogP contribution in [0.3, 0.4) is 0 Å². The van der Waals surface area contributed by atoms with Gasteiger partial charge in [0.1, 0.15) is 0 Å². The topological polar surface area (TPSA) is 31.6 Å². The van der Waals surface area contributed by atoms with Crippen molar-refractivity contribution < 1.29 is 0 Å². The Morgan fingerprint density at radius 3 is 1.37 bits per heavy atom. The monoisotopic (exact) mass is 424 g/mol. The Morgan fingerprint density at radius 2 is 0.900 bits per heavy atom. The summed E-state index contributed by atoms with van der Waals surface area (Å²) in [5.74, 6) is 0. The van der Waals surface area contributed by atoms with E-state index in [-0.39, 0.29) is 0 Å². The van der Waals surface area contributed by atoms with E-state index < -0.39 is 0 Å². The van der Waals surface area contributed by atoms with Crippen molar-refractivity contribution >= 4 is 88.4 Å². The highest BCUT2D eigenvalue weighted by Crippen LogP contribution is 2.40. The lowest BCUT2D eigenvalue weighted by Crippen LogP contribution is -1.76. The fraction of sp³-hybridized carbons (Fsp3) is 0. The molecule has 2 N–H and O–H groups in total. The minimum Gasteiger partial charge on any atom is -0.354 e. The van der Waals surface area contributed by atoms with E-state index in [1.165, 1.54) is 32.3 Å². The summed E-state index contributed by atoms with van der Waals surface area (Å²) >= 11 is 12.4. The second kappa shape index (κ2) is 5.69. The zero-order valence-corrected chi connectivity index (χ0v) is 17.2. The first-order valence-electron chi connectivity index (χ1n) is 9.84. The molecule has 142 valence electrons. The molecule has 7 aromatic rings. The summed E-state index contributed by atoms with van der Waals surface area (Å²) in [5, 5.41) is 11.1. The maximum atomic E-state index is 6.21. The largest absolute Gasteiger partial charge is 0.354 e.